The predicted octanol–water partition coefficient (Wildman–Crippen LogP) is 1.59. The van der Waals surface area contributed by atoms with Gasteiger partial charge >= 0.3 is 5.97 Å². The minimum atomic E-state index is -4.56. The molecule has 2 unspecified atom stereocenters. The van der Waals surface area contributed by atoms with Crippen LogP contribution in [0.15, 0.2) is 17.0 Å². The fourth-order valence-electron chi connectivity index (χ4n) is 2.38. The van der Waals surface area contributed by atoms with Gasteiger partial charge in [0, 0.05) is 6.54 Å². The molecule has 2 rings (SSSR count). The average Bonchev–Trinajstić information content (AvgIpc) is 2.78. The molecule has 1 fully saturated rings. The molecule has 1 aromatic rings. The highest BCUT2D eigenvalue weighted by Gasteiger charge is 2.45. The molecule has 1 N–H and O–H groups in total. The highest BCUT2D eigenvalue weighted by Crippen LogP contribution is 2.32. The van der Waals surface area contributed by atoms with E-state index in [1.807, 2.05) is 0 Å². The summed E-state index contributed by atoms with van der Waals surface area (Å²) in [5.74, 6) is -7.11. The fraction of sp³-hybridized carbons (Fsp3) is 0.417. The van der Waals surface area contributed by atoms with E-state index in [0.29, 0.717) is 16.4 Å². The number of carboxylic acids is 1. The SMILES string of the molecule is CC1CCN(S(=O)(=O)c2ccc(F)c(F)c2F)C1C(=O)O. The van der Waals surface area contributed by atoms with Crippen molar-refractivity contribution in [3.63, 3.8) is 0 Å². The molecule has 9 heteroatoms. The van der Waals surface area contributed by atoms with Crippen LogP contribution in [0, 0.1) is 23.4 Å². The van der Waals surface area contributed by atoms with Gasteiger partial charge in [0.05, 0.1) is 0 Å². The molecular weight excluding hydrogens is 311 g/mol. The normalized spacial score (nSPS) is 23.4. The maximum Gasteiger partial charge on any atom is 0.322 e. The zero-order valence-corrected chi connectivity index (χ0v) is 11.7. The first-order valence-electron chi connectivity index (χ1n) is 6.06. The van der Waals surface area contributed by atoms with E-state index >= 15 is 0 Å². The van der Waals surface area contributed by atoms with E-state index in [4.69, 9.17) is 5.11 Å². The quantitative estimate of drug-likeness (QED) is 0.857. The Balaban J connectivity index is 2.53. The molecule has 0 aliphatic carbocycles. The van der Waals surface area contributed by atoms with E-state index in [9.17, 15) is 26.4 Å². The van der Waals surface area contributed by atoms with Gasteiger partial charge in [-0.1, -0.05) is 6.92 Å². The number of nitrogens with zero attached hydrogens (tertiary/aromatic N) is 1. The Labute approximate surface area is 119 Å². The zero-order chi connectivity index (χ0) is 15.9. The highest BCUT2D eigenvalue weighted by molar-refractivity contribution is 7.89. The average molecular weight is 323 g/mol. The molecule has 1 aliphatic heterocycles. The maximum absolute atomic E-state index is 13.7. The maximum atomic E-state index is 13.7. The molecule has 1 aromatic carbocycles. The van der Waals surface area contributed by atoms with Crippen molar-refractivity contribution in [1.82, 2.24) is 4.31 Å². The third-order valence-corrected chi connectivity index (χ3v) is 5.39. The lowest BCUT2D eigenvalue weighted by atomic mass is 10.0. The van der Waals surface area contributed by atoms with Crippen molar-refractivity contribution >= 4 is 16.0 Å². The second-order valence-electron chi connectivity index (χ2n) is 4.84. The lowest BCUT2D eigenvalue weighted by molar-refractivity contribution is -0.141. The molecule has 116 valence electrons. The van der Waals surface area contributed by atoms with Gasteiger partial charge in [0.1, 0.15) is 10.9 Å². The molecule has 5 nitrogen and oxygen atoms in total. The predicted molar refractivity (Wildman–Crippen MR) is 65.4 cm³/mol. The number of hydrogen-bond acceptors (Lipinski definition) is 3. The Kier molecular flexibility index (Phi) is 3.98. The molecule has 0 bridgehead atoms. The van der Waals surface area contributed by atoms with Crippen molar-refractivity contribution in [2.75, 3.05) is 6.54 Å². The highest BCUT2D eigenvalue weighted by atomic mass is 32.2. The van der Waals surface area contributed by atoms with Gasteiger partial charge in [-0.25, -0.2) is 21.6 Å². The summed E-state index contributed by atoms with van der Waals surface area (Å²) in [6, 6.07) is -0.284. The molecule has 0 spiro atoms. The molecule has 0 amide bonds. The lowest BCUT2D eigenvalue weighted by Crippen LogP contribution is -2.43. The van der Waals surface area contributed by atoms with Crippen molar-refractivity contribution in [3.8, 4) is 0 Å². The molecule has 0 saturated carbocycles. The van der Waals surface area contributed by atoms with Crippen molar-refractivity contribution < 1.29 is 31.5 Å². The summed E-state index contributed by atoms with van der Waals surface area (Å²) in [6.07, 6.45) is 0.279. The van der Waals surface area contributed by atoms with E-state index in [0.717, 1.165) is 0 Å². The van der Waals surface area contributed by atoms with Crippen molar-refractivity contribution in [2.24, 2.45) is 5.92 Å². The molecule has 1 saturated heterocycles. The van der Waals surface area contributed by atoms with Crippen LogP contribution < -0.4 is 0 Å². The topological polar surface area (TPSA) is 74.7 Å². The summed E-state index contributed by atoms with van der Waals surface area (Å²) in [5, 5.41) is 9.10. The monoisotopic (exact) mass is 323 g/mol. The Morgan fingerprint density at radius 1 is 1.29 bits per heavy atom. The summed E-state index contributed by atoms with van der Waals surface area (Å²) in [6.45, 7) is 1.43. The number of carbonyl (C=O) groups is 1. The van der Waals surface area contributed by atoms with Crippen LogP contribution in [0.3, 0.4) is 0 Å². The van der Waals surface area contributed by atoms with Crippen LogP contribution in [0.1, 0.15) is 13.3 Å². The number of sulfonamides is 1. The fourth-order valence-corrected chi connectivity index (χ4v) is 4.13. The van der Waals surface area contributed by atoms with Crippen LogP contribution in [0.2, 0.25) is 0 Å². The largest absolute Gasteiger partial charge is 0.480 e. The first kappa shape index (κ1) is 15.8. The van der Waals surface area contributed by atoms with Crippen LogP contribution in [-0.4, -0.2) is 36.4 Å². The Morgan fingerprint density at radius 3 is 2.48 bits per heavy atom. The lowest BCUT2D eigenvalue weighted by Gasteiger charge is -2.23. The smallest absolute Gasteiger partial charge is 0.322 e. The van der Waals surface area contributed by atoms with Gasteiger partial charge in [0.25, 0.3) is 0 Å². The van der Waals surface area contributed by atoms with Gasteiger partial charge < -0.3 is 5.11 Å². The van der Waals surface area contributed by atoms with Crippen LogP contribution in [0.25, 0.3) is 0 Å². The second kappa shape index (κ2) is 5.30. The molecule has 1 heterocycles. The Bertz CT molecular complexity index is 692. The van der Waals surface area contributed by atoms with Crippen LogP contribution in [-0.2, 0) is 14.8 Å². The van der Waals surface area contributed by atoms with Gasteiger partial charge in [0.15, 0.2) is 17.5 Å². The minimum Gasteiger partial charge on any atom is -0.480 e. The number of aliphatic carboxylic acids is 1. The summed E-state index contributed by atoms with van der Waals surface area (Å²) >= 11 is 0. The van der Waals surface area contributed by atoms with Gasteiger partial charge in [0.2, 0.25) is 10.0 Å². The Morgan fingerprint density at radius 2 is 1.90 bits per heavy atom. The third kappa shape index (κ3) is 2.51. The first-order chi connectivity index (χ1) is 9.67. The summed E-state index contributed by atoms with van der Waals surface area (Å²) in [4.78, 5) is 10.1. The number of carboxylic acid groups (broad SMARTS) is 1. The minimum absolute atomic E-state index is 0.126. The van der Waals surface area contributed by atoms with E-state index in [-0.39, 0.29) is 13.0 Å². The summed E-state index contributed by atoms with van der Waals surface area (Å²) in [7, 11) is -4.56. The number of rotatable bonds is 3. The standard InChI is InChI=1S/C12H12F3NO4S/c1-6-4-5-16(11(6)12(17)18)21(19,20)8-3-2-7(13)9(14)10(8)15/h2-3,6,11H,4-5H2,1H3,(H,17,18). The van der Waals surface area contributed by atoms with Gasteiger partial charge in [-0.15, -0.1) is 0 Å². The van der Waals surface area contributed by atoms with Crippen LogP contribution in [0.5, 0.6) is 0 Å². The van der Waals surface area contributed by atoms with Gasteiger partial charge in [-0.3, -0.25) is 4.79 Å². The van der Waals surface area contributed by atoms with Crippen LogP contribution in [0.4, 0.5) is 13.2 Å². The van der Waals surface area contributed by atoms with Gasteiger partial charge in [-0.2, -0.15) is 4.31 Å². The molecular formula is C12H12F3NO4S. The first-order valence-corrected chi connectivity index (χ1v) is 7.50. The third-order valence-electron chi connectivity index (χ3n) is 3.49. The molecule has 0 radical (unpaired) electrons. The van der Waals surface area contributed by atoms with Gasteiger partial charge in [-0.05, 0) is 24.5 Å². The van der Waals surface area contributed by atoms with E-state index in [1.165, 1.54) is 0 Å². The van der Waals surface area contributed by atoms with Crippen molar-refractivity contribution in [3.05, 3.63) is 29.6 Å². The molecule has 21 heavy (non-hydrogen) atoms. The van der Waals surface area contributed by atoms with E-state index in [2.05, 4.69) is 0 Å². The molecule has 2 atom stereocenters. The van der Waals surface area contributed by atoms with Crippen molar-refractivity contribution in [1.29, 1.82) is 0 Å². The van der Waals surface area contributed by atoms with E-state index < -0.39 is 50.3 Å². The second-order valence-corrected chi connectivity index (χ2v) is 6.70. The van der Waals surface area contributed by atoms with E-state index in [1.54, 1.807) is 6.92 Å². The Hall–Kier alpha value is -1.61. The van der Waals surface area contributed by atoms with Crippen LogP contribution >= 0.6 is 0 Å². The summed E-state index contributed by atoms with van der Waals surface area (Å²) in [5.41, 5.74) is 0. The molecule has 0 aromatic heterocycles. The number of hydrogen-bond donors (Lipinski definition) is 1. The summed E-state index contributed by atoms with van der Waals surface area (Å²) < 4.78 is 65.0. The van der Waals surface area contributed by atoms with Crippen molar-refractivity contribution in [2.45, 2.75) is 24.3 Å². The number of halogens is 3. The molecule has 1 aliphatic rings. The number of benzene rings is 1. The zero-order valence-electron chi connectivity index (χ0n) is 10.9.